The van der Waals surface area contributed by atoms with Crippen LogP contribution in [0.2, 0.25) is 0 Å². The van der Waals surface area contributed by atoms with Crippen LogP contribution in [0.5, 0.6) is 11.5 Å². The molecule has 0 aliphatic carbocycles. The molecule has 0 radical (unpaired) electrons. The fourth-order valence-corrected chi connectivity index (χ4v) is 1.92. The topological polar surface area (TPSA) is 35.5 Å². The normalized spacial score (nSPS) is 11.7. The fraction of sp³-hybridized carbons (Fsp3) is 0.278. The van der Waals surface area contributed by atoms with Crippen molar-refractivity contribution in [2.24, 2.45) is 0 Å². The SMILES string of the molecule is CCC(C)c1ccc(OCC(=O)Oc2ccccc2)cc1. The van der Waals surface area contributed by atoms with Crippen molar-refractivity contribution >= 4 is 5.97 Å². The Morgan fingerprint density at radius 1 is 1.00 bits per heavy atom. The van der Waals surface area contributed by atoms with E-state index < -0.39 is 5.97 Å². The number of carbonyl (C=O) groups excluding carboxylic acids is 1. The van der Waals surface area contributed by atoms with Crippen molar-refractivity contribution in [1.29, 1.82) is 0 Å². The Morgan fingerprint density at radius 2 is 1.67 bits per heavy atom. The molecule has 1 atom stereocenters. The molecule has 3 nitrogen and oxygen atoms in total. The highest BCUT2D eigenvalue weighted by Gasteiger charge is 2.07. The first-order valence-electron chi connectivity index (χ1n) is 7.17. The summed E-state index contributed by atoms with van der Waals surface area (Å²) in [6.45, 7) is 4.25. The van der Waals surface area contributed by atoms with Crippen LogP contribution in [0.3, 0.4) is 0 Å². The Morgan fingerprint density at radius 3 is 2.29 bits per heavy atom. The summed E-state index contributed by atoms with van der Waals surface area (Å²) in [5, 5.41) is 0. The van der Waals surface area contributed by atoms with E-state index in [9.17, 15) is 4.79 Å². The van der Waals surface area contributed by atoms with Gasteiger partial charge < -0.3 is 9.47 Å². The molecule has 110 valence electrons. The largest absolute Gasteiger partial charge is 0.482 e. The summed E-state index contributed by atoms with van der Waals surface area (Å²) >= 11 is 0. The van der Waals surface area contributed by atoms with Crippen LogP contribution in [0.1, 0.15) is 31.7 Å². The summed E-state index contributed by atoms with van der Waals surface area (Å²) in [4.78, 5) is 11.7. The van der Waals surface area contributed by atoms with E-state index in [2.05, 4.69) is 13.8 Å². The van der Waals surface area contributed by atoms with Gasteiger partial charge in [0.15, 0.2) is 6.61 Å². The number of hydrogen-bond acceptors (Lipinski definition) is 3. The molecule has 0 spiro atoms. The first kappa shape index (κ1) is 15.1. The van der Waals surface area contributed by atoms with E-state index in [1.54, 1.807) is 12.1 Å². The lowest BCUT2D eigenvalue weighted by molar-refractivity contribution is -0.136. The minimum absolute atomic E-state index is 0.0996. The Labute approximate surface area is 125 Å². The van der Waals surface area contributed by atoms with Crippen molar-refractivity contribution in [2.75, 3.05) is 6.61 Å². The molecule has 1 unspecified atom stereocenters. The van der Waals surface area contributed by atoms with E-state index in [-0.39, 0.29) is 6.61 Å². The first-order valence-corrected chi connectivity index (χ1v) is 7.17. The number of ether oxygens (including phenoxy) is 2. The lowest BCUT2D eigenvalue weighted by atomic mass is 9.99. The molecule has 0 amide bonds. The number of hydrogen-bond donors (Lipinski definition) is 0. The third kappa shape index (κ3) is 4.63. The molecule has 2 aromatic rings. The van der Waals surface area contributed by atoms with E-state index in [0.717, 1.165) is 6.42 Å². The molecule has 2 aromatic carbocycles. The number of esters is 1. The summed E-state index contributed by atoms with van der Waals surface area (Å²) in [5.74, 6) is 1.32. The zero-order valence-electron chi connectivity index (χ0n) is 12.4. The molecule has 0 bridgehead atoms. The fourth-order valence-electron chi connectivity index (χ4n) is 1.92. The average molecular weight is 284 g/mol. The molecule has 0 saturated heterocycles. The molecule has 0 aliphatic rings. The summed E-state index contributed by atoms with van der Waals surface area (Å²) in [6, 6.07) is 16.8. The highest BCUT2D eigenvalue weighted by atomic mass is 16.6. The summed E-state index contributed by atoms with van der Waals surface area (Å²) < 4.78 is 10.6. The molecule has 0 heterocycles. The molecule has 21 heavy (non-hydrogen) atoms. The standard InChI is InChI=1S/C18H20O3/c1-3-14(2)15-9-11-16(12-10-15)20-13-18(19)21-17-7-5-4-6-8-17/h4-12,14H,3,13H2,1-2H3. The van der Waals surface area contributed by atoms with Gasteiger partial charge in [0, 0.05) is 0 Å². The number of benzene rings is 2. The minimum Gasteiger partial charge on any atom is -0.482 e. The van der Waals surface area contributed by atoms with Gasteiger partial charge in [-0.05, 0) is 42.2 Å². The van der Waals surface area contributed by atoms with Crippen molar-refractivity contribution < 1.29 is 14.3 Å². The maximum atomic E-state index is 11.7. The molecule has 0 N–H and O–H groups in total. The van der Waals surface area contributed by atoms with Crippen LogP contribution >= 0.6 is 0 Å². The van der Waals surface area contributed by atoms with Crippen LogP contribution in [0.15, 0.2) is 54.6 Å². The molecule has 0 aliphatic heterocycles. The Balaban J connectivity index is 1.84. The van der Waals surface area contributed by atoms with E-state index in [0.29, 0.717) is 17.4 Å². The Hall–Kier alpha value is -2.29. The highest BCUT2D eigenvalue weighted by molar-refractivity contribution is 5.73. The predicted octanol–water partition coefficient (Wildman–Crippen LogP) is 4.18. The Kier molecular flexibility index (Phi) is 5.38. The molecular weight excluding hydrogens is 264 g/mol. The first-order chi connectivity index (χ1) is 10.2. The van der Waals surface area contributed by atoms with Gasteiger partial charge in [-0.15, -0.1) is 0 Å². The second-order valence-corrected chi connectivity index (χ2v) is 4.95. The van der Waals surface area contributed by atoms with Crippen LogP contribution in [-0.2, 0) is 4.79 Å². The quantitative estimate of drug-likeness (QED) is 0.589. The minimum atomic E-state index is -0.410. The van der Waals surface area contributed by atoms with Gasteiger partial charge in [-0.25, -0.2) is 4.79 Å². The second-order valence-electron chi connectivity index (χ2n) is 4.95. The Bertz CT molecular complexity index is 561. The molecule has 0 fully saturated rings. The van der Waals surface area contributed by atoms with Crippen molar-refractivity contribution in [1.82, 2.24) is 0 Å². The number of carbonyl (C=O) groups is 1. The second kappa shape index (κ2) is 7.48. The third-order valence-corrected chi connectivity index (χ3v) is 3.39. The predicted molar refractivity (Wildman–Crippen MR) is 82.7 cm³/mol. The van der Waals surface area contributed by atoms with E-state index in [1.807, 2.05) is 42.5 Å². The monoisotopic (exact) mass is 284 g/mol. The number of rotatable bonds is 6. The van der Waals surface area contributed by atoms with Crippen molar-refractivity contribution in [3.8, 4) is 11.5 Å². The summed E-state index contributed by atoms with van der Waals surface area (Å²) in [5.41, 5.74) is 1.27. The van der Waals surface area contributed by atoms with Crippen LogP contribution in [0.25, 0.3) is 0 Å². The molecule has 0 saturated carbocycles. The molecule has 0 aromatic heterocycles. The van der Waals surface area contributed by atoms with E-state index in [1.165, 1.54) is 5.56 Å². The van der Waals surface area contributed by atoms with Crippen molar-refractivity contribution in [3.05, 3.63) is 60.2 Å². The van der Waals surface area contributed by atoms with Gasteiger partial charge in [0.2, 0.25) is 0 Å². The lowest BCUT2D eigenvalue weighted by Gasteiger charge is -2.10. The van der Waals surface area contributed by atoms with Gasteiger partial charge in [0.05, 0.1) is 0 Å². The molecule has 3 heteroatoms. The van der Waals surface area contributed by atoms with Gasteiger partial charge in [0.1, 0.15) is 11.5 Å². The third-order valence-electron chi connectivity index (χ3n) is 3.39. The summed E-state index contributed by atoms with van der Waals surface area (Å²) in [7, 11) is 0. The van der Waals surface area contributed by atoms with Crippen molar-refractivity contribution in [3.63, 3.8) is 0 Å². The van der Waals surface area contributed by atoms with E-state index in [4.69, 9.17) is 9.47 Å². The van der Waals surface area contributed by atoms with Gasteiger partial charge in [-0.1, -0.05) is 44.2 Å². The molecule has 2 rings (SSSR count). The van der Waals surface area contributed by atoms with Crippen molar-refractivity contribution in [2.45, 2.75) is 26.2 Å². The van der Waals surface area contributed by atoms with Gasteiger partial charge in [-0.3, -0.25) is 0 Å². The maximum Gasteiger partial charge on any atom is 0.349 e. The smallest absolute Gasteiger partial charge is 0.349 e. The van der Waals surface area contributed by atoms with Gasteiger partial charge in [0.25, 0.3) is 0 Å². The number of para-hydroxylation sites is 1. The van der Waals surface area contributed by atoms with Crippen LogP contribution < -0.4 is 9.47 Å². The van der Waals surface area contributed by atoms with Gasteiger partial charge >= 0.3 is 5.97 Å². The van der Waals surface area contributed by atoms with Gasteiger partial charge in [-0.2, -0.15) is 0 Å². The average Bonchev–Trinajstić information content (AvgIpc) is 2.53. The maximum absolute atomic E-state index is 11.7. The van der Waals surface area contributed by atoms with Crippen LogP contribution in [0.4, 0.5) is 0 Å². The van der Waals surface area contributed by atoms with E-state index >= 15 is 0 Å². The summed E-state index contributed by atoms with van der Waals surface area (Å²) in [6.07, 6.45) is 1.10. The van der Waals surface area contributed by atoms with Crippen LogP contribution in [-0.4, -0.2) is 12.6 Å². The highest BCUT2D eigenvalue weighted by Crippen LogP contribution is 2.21. The lowest BCUT2D eigenvalue weighted by Crippen LogP contribution is -2.17. The molecular formula is C18H20O3. The van der Waals surface area contributed by atoms with Crippen LogP contribution in [0, 0.1) is 0 Å². The zero-order chi connectivity index (χ0) is 15.1. The zero-order valence-corrected chi connectivity index (χ0v) is 12.4.